The van der Waals surface area contributed by atoms with Crippen LogP contribution in [0, 0.1) is 0 Å². The predicted molar refractivity (Wildman–Crippen MR) is 63.0 cm³/mol. The summed E-state index contributed by atoms with van der Waals surface area (Å²) in [5.41, 5.74) is 0.468. The first-order valence-electron chi connectivity index (χ1n) is 5.26. The predicted octanol–water partition coefficient (Wildman–Crippen LogP) is 0.471. The summed E-state index contributed by atoms with van der Waals surface area (Å²) < 4.78 is 4.78. The van der Waals surface area contributed by atoms with E-state index in [4.69, 9.17) is 9.84 Å². The van der Waals surface area contributed by atoms with Crippen molar-refractivity contribution in [3.05, 3.63) is 29.8 Å². The number of carbonyl (C=O) groups is 1. The highest BCUT2D eigenvalue weighted by Gasteiger charge is 2.15. The number of carbonyl (C=O) groups excluding carboxylic acids is 1. The van der Waals surface area contributed by atoms with Gasteiger partial charge < -0.3 is 19.8 Å². The Hall–Kier alpha value is -1.59. The van der Waals surface area contributed by atoms with Gasteiger partial charge in [-0.25, -0.2) is 0 Å². The van der Waals surface area contributed by atoms with Gasteiger partial charge in [-0.15, -0.1) is 0 Å². The molecule has 1 unspecified atom stereocenters. The molecule has 0 aliphatic heterocycles. The highest BCUT2D eigenvalue weighted by molar-refractivity contribution is 5.94. The molecule has 0 aliphatic rings. The zero-order chi connectivity index (χ0) is 12.8. The van der Waals surface area contributed by atoms with E-state index in [9.17, 15) is 9.90 Å². The second-order valence-electron chi connectivity index (χ2n) is 3.84. The minimum Gasteiger partial charge on any atom is -0.508 e. The van der Waals surface area contributed by atoms with Gasteiger partial charge in [-0.2, -0.15) is 0 Å². The van der Waals surface area contributed by atoms with Crippen molar-refractivity contribution in [2.24, 2.45) is 0 Å². The molecule has 0 spiro atoms. The third kappa shape index (κ3) is 4.05. The quantitative estimate of drug-likeness (QED) is 0.783. The number of hydrogen-bond donors (Lipinski definition) is 2. The Morgan fingerprint density at radius 1 is 1.41 bits per heavy atom. The van der Waals surface area contributed by atoms with Crippen molar-refractivity contribution in [3.63, 3.8) is 0 Å². The molecule has 1 aromatic rings. The molecule has 0 saturated carbocycles. The second kappa shape index (κ2) is 6.22. The maximum absolute atomic E-state index is 11.9. The van der Waals surface area contributed by atoms with Crippen molar-refractivity contribution >= 4 is 5.91 Å². The van der Waals surface area contributed by atoms with E-state index >= 15 is 0 Å². The van der Waals surface area contributed by atoms with Gasteiger partial charge in [0.25, 0.3) is 5.91 Å². The number of likely N-dealkylation sites (N-methyl/N-ethyl adjacent to an activating group) is 1. The van der Waals surface area contributed by atoms with Crippen molar-refractivity contribution < 1.29 is 19.7 Å². The number of aromatic hydroxyl groups is 1. The van der Waals surface area contributed by atoms with Crippen LogP contribution in [0.4, 0.5) is 0 Å². The summed E-state index contributed by atoms with van der Waals surface area (Å²) in [5.74, 6) is -0.0937. The minimum atomic E-state index is -0.703. The summed E-state index contributed by atoms with van der Waals surface area (Å²) in [6.45, 7) is 0.390. The minimum absolute atomic E-state index is 0.114. The molecule has 1 amide bonds. The molecule has 1 aromatic carbocycles. The molecule has 5 nitrogen and oxygen atoms in total. The van der Waals surface area contributed by atoms with Crippen LogP contribution in [0.25, 0.3) is 0 Å². The Bertz CT molecular complexity index is 363. The van der Waals surface area contributed by atoms with Crippen LogP contribution >= 0.6 is 0 Å². The number of amides is 1. The van der Waals surface area contributed by atoms with Crippen LogP contribution < -0.4 is 0 Å². The van der Waals surface area contributed by atoms with Gasteiger partial charge in [0, 0.05) is 26.3 Å². The van der Waals surface area contributed by atoms with Gasteiger partial charge >= 0.3 is 0 Å². The number of phenolic OH excluding ortho intramolecular Hbond substituents is 1. The fourth-order valence-electron chi connectivity index (χ4n) is 1.47. The average Bonchev–Trinajstić information content (AvgIpc) is 2.29. The highest BCUT2D eigenvalue weighted by Crippen LogP contribution is 2.11. The molecule has 0 aromatic heterocycles. The van der Waals surface area contributed by atoms with Crippen LogP contribution in [-0.4, -0.2) is 54.4 Å². The largest absolute Gasteiger partial charge is 0.508 e. The van der Waals surface area contributed by atoms with Gasteiger partial charge in [0.05, 0.1) is 12.7 Å². The maximum Gasteiger partial charge on any atom is 0.253 e. The van der Waals surface area contributed by atoms with Crippen molar-refractivity contribution in [1.29, 1.82) is 0 Å². The van der Waals surface area contributed by atoms with E-state index in [1.165, 1.54) is 36.3 Å². The number of aliphatic hydroxyl groups excluding tert-OH is 1. The molecular weight excluding hydrogens is 222 g/mol. The van der Waals surface area contributed by atoms with E-state index in [0.717, 1.165) is 0 Å². The van der Waals surface area contributed by atoms with Crippen molar-refractivity contribution in [1.82, 2.24) is 4.90 Å². The first-order chi connectivity index (χ1) is 8.04. The van der Waals surface area contributed by atoms with E-state index in [0.29, 0.717) is 5.56 Å². The zero-order valence-electron chi connectivity index (χ0n) is 9.96. The molecule has 0 bridgehead atoms. The Morgan fingerprint density at radius 2 is 2.00 bits per heavy atom. The third-order valence-corrected chi connectivity index (χ3v) is 2.30. The number of ether oxygens (including phenoxy) is 1. The third-order valence-electron chi connectivity index (χ3n) is 2.30. The van der Waals surface area contributed by atoms with E-state index in [-0.39, 0.29) is 24.8 Å². The summed E-state index contributed by atoms with van der Waals surface area (Å²) in [6, 6.07) is 5.98. The van der Waals surface area contributed by atoms with E-state index in [1.54, 1.807) is 7.05 Å². The van der Waals surface area contributed by atoms with Crippen LogP contribution in [-0.2, 0) is 4.74 Å². The second-order valence-corrected chi connectivity index (χ2v) is 3.84. The monoisotopic (exact) mass is 239 g/mol. The first-order valence-corrected chi connectivity index (χ1v) is 5.26. The SMILES string of the molecule is COCC(O)CN(C)C(=O)c1ccc(O)cc1. The molecule has 1 atom stereocenters. The maximum atomic E-state index is 11.9. The first kappa shape index (κ1) is 13.5. The van der Waals surface area contributed by atoms with Crippen LogP contribution in [0.3, 0.4) is 0 Å². The summed E-state index contributed by atoms with van der Waals surface area (Å²) in [5, 5.41) is 18.6. The van der Waals surface area contributed by atoms with Crippen molar-refractivity contribution in [3.8, 4) is 5.75 Å². The van der Waals surface area contributed by atoms with E-state index in [1.807, 2.05) is 0 Å². The molecule has 0 saturated heterocycles. The number of rotatable bonds is 5. The number of nitrogens with zero attached hydrogens (tertiary/aromatic N) is 1. The van der Waals surface area contributed by atoms with Crippen molar-refractivity contribution in [2.75, 3.05) is 27.3 Å². The van der Waals surface area contributed by atoms with Crippen molar-refractivity contribution in [2.45, 2.75) is 6.10 Å². The highest BCUT2D eigenvalue weighted by atomic mass is 16.5. The van der Waals surface area contributed by atoms with Gasteiger partial charge in [-0.05, 0) is 24.3 Å². The normalized spacial score (nSPS) is 12.2. The van der Waals surface area contributed by atoms with Gasteiger partial charge in [0.1, 0.15) is 5.75 Å². The molecule has 0 heterocycles. The summed E-state index contributed by atoms with van der Waals surface area (Å²) in [4.78, 5) is 13.3. The smallest absolute Gasteiger partial charge is 0.253 e. The molecule has 2 N–H and O–H groups in total. The van der Waals surface area contributed by atoms with Crippen LogP contribution in [0.15, 0.2) is 24.3 Å². The average molecular weight is 239 g/mol. The van der Waals surface area contributed by atoms with Gasteiger partial charge in [0.2, 0.25) is 0 Å². The molecular formula is C12H17NO4. The standard InChI is InChI=1S/C12H17NO4/c1-13(7-11(15)8-17-2)12(16)9-3-5-10(14)6-4-9/h3-6,11,14-15H,7-8H2,1-2H3. The van der Waals surface area contributed by atoms with Crippen LogP contribution in [0.1, 0.15) is 10.4 Å². The zero-order valence-corrected chi connectivity index (χ0v) is 9.96. The number of hydrogen-bond acceptors (Lipinski definition) is 4. The molecule has 17 heavy (non-hydrogen) atoms. The Kier molecular flexibility index (Phi) is 4.93. The number of methoxy groups -OCH3 is 1. The Balaban J connectivity index is 2.60. The summed E-state index contributed by atoms with van der Waals surface area (Å²) in [6.07, 6.45) is -0.703. The lowest BCUT2D eigenvalue weighted by atomic mass is 10.2. The molecule has 0 fully saturated rings. The Morgan fingerprint density at radius 3 is 2.53 bits per heavy atom. The van der Waals surface area contributed by atoms with Gasteiger partial charge in [0.15, 0.2) is 0 Å². The number of benzene rings is 1. The van der Waals surface area contributed by atoms with Crippen LogP contribution in [0.2, 0.25) is 0 Å². The lowest BCUT2D eigenvalue weighted by molar-refractivity contribution is 0.0380. The lowest BCUT2D eigenvalue weighted by Crippen LogP contribution is -2.36. The molecule has 0 radical (unpaired) electrons. The molecule has 0 aliphatic carbocycles. The molecule has 1 rings (SSSR count). The summed E-state index contributed by atoms with van der Waals surface area (Å²) in [7, 11) is 3.10. The number of phenols is 1. The number of aliphatic hydroxyl groups is 1. The van der Waals surface area contributed by atoms with Gasteiger partial charge in [-0.1, -0.05) is 0 Å². The van der Waals surface area contributed by atoms with Crippen LogP contribution in [0.5, 0.6) is 5.75 Å². The fourth-order valence-corrected chi connectivity index (χ4v) is 1.47. The molecule has 5 heteroatoms. The Labute approximate surface area is 100 Å². The van der Waals surface area contributed by atoms with E-state index in [2.05, 4.69) is 0 Å². The van der Waals surface area contributed by atoms with Gasteiger partial charge in [-0.3, -0.25) is 4.79 Å². The molecule has 94 valence electrons. The summed E-state index contributed by atoms with van der Waals surface area (Å²) >= 11 is 0. The topological polar surface area (TPSA) is 70.0 Å². The van der Waals surface area contributed by atoms with E-state index < -0.39 is 6.10 Å². The lowest BCUT2D eigenvalue weighted by Gasteiger charge is -2.20. The fraction of sp³-hybridized carbons (Fsp3) is 0.417.